The van der Waals surface area contributed by atoms with Crippen LogP contribution in [0.4, 0.5) is 0 Å². The maximum absolute atomic E-state index is 11.3. The summed E-state index contributed by atoms with van der Waals surface area (Å²) in [6, 6.07) is 7.70. The number of carbonyl (C=O) groups excluding carboxylic acids is 1. The molecule has 0 radical (unpaired) electrons. The van der Waals surface area contributed by atoms with Crippen LogP contribution in [-0.4, -0.2) is 26.3 Å². The summed E-state index contributed by atoms with van der Waals surface area (Å²) in [5.41, 5.74) is 2.06. The fourth-order valence-electron chi connectivity index (χ4n) is 1.31. The molecule has 0 unspecified atom stereocenters. The molecule has 6 heteroatoms. The van der Waals surface area contributed by atoms with Crippen molar-refractivity contribution in [3.05, 3.63) is 35.4 Å². The average molecular weight is 320 g/mol. The lowest BCUT2D eigenvalue weighted by atomic mass is 10.1. The van der Waals surface area contributed by atoms with Gasteiger partial charge in [0.25, 0.3) is 0 Å². The van der Waals surface area contributed by atoms with Crippen LogP contribution in [0.15, 0.2) is 24.3 Å². The van der Waals surface area contributed by atoms with E-state index < -0.39 is 21.5 Å². The number of hydrogen-bond acceptors (Lipinski definition) is 3. The molecule has 1 rings (SSSR count). The van der Waals surface area contributed by atoms with Gasteiger partial charge in [-0.3, -0.25) is 4.79 Å². The van der Waals surface area contributed by atoms with Crippen LogP contribution in [0, 0.1) is 0 Å². The predicted octanol–water partition coefficient (Wildman–Crippen LogP) is 1.24. The lowest BCUT2D eigenvalue weighted by Gasteiger charge is -2.05. The molecule has 1 aromatic rings. The molecule has 0 heterocycles. The topological polar surface area (TPSA) is 63.2 Å². The van der Waals surface area contributed by atoms with E-state index in [2.05, 4.69) is 21.2 Å². The van der Waals surface area contributed by atoms with Crippen molar-refractivity contribution in [2.45, 2.75) is 11.9 Å². The highest BCUT2D eigenvalue weighted by Gasteiger charge is 2.10. The molecule has 17 heavy (non-hydrogen) atoms. The smallest absolute Gasteiger partial charge is 0.235 e. The van der Waals surface area contributed by atoms with Gasteiger partial charge in [0, 0.05) is 18.1 Å². The summed E-state index contributed by atoms with van der Waals surface area (Å²) in [6.07, 6.45) is 1.04. The monoisotopic (exact) mass is 319 g/mol. The number of rotatable bonds is 5. The number of carbonyl (C=O) groups is 1. The average Bonchev–Trinajstić information content (AvgIpc) is 2.24. The van der Waals surface area contributed by atoms with Crippen LogP contribution in [0.2, 0.25) is 0 Å². The molecule has 0 aliphatic carbocycles. The molecule has 0 atom stereocenters. The molecule has 4 nitrogen and oxygen atoms in total. The summed E-state index contributed by atoms with van der Waals surface area (Å²) in [4.78, 5) is 11.3. The van der Waals surface area contributed by atoms with Gasteiger partial charge in [-0.1, -0.05) is 40.2 Å². The van der Waals surface area contributed by atoms with E-state index >= 15 is 0 Å². The Morgan fingerprint density at radius 3 is 2.59 bits per heavy atom. The molecule has 0 saturated heterocycles. The van der Waals surface area contributed by atoms with Crippen LogP contribution in [0.1, 0.15) is 11.1 Å². The summed E-state index contributed by atoms with van der Waals surface area (Å²) < 4.78 is 21.8. The van der Waals surface area contributed by atoms with Gasteiger partial charge in [-0.05, 0) is 11.1 Å². The highest BCUT2D eigenvalue weighted by Crippen LogP contribution is 2.08. The molecule has 1 aromatic carbocycles. The Labute approximate surface area is 109 Å². The summed E-state index contributed by atoms with van der Waals surface area (Å²) in [5, 5.41) is 3.32. The van der Waals surface area contributed by atoms with E-state index in [9.17, 15) is 13.2 Å². The second-order valence-electron chi connectivity index (χ2n) is 3.80. The van der Waals surface area contributed by atoms with Gasteiger partial charge in [0.05, 0.1) is 0 Å². The SMILES string of the molecule is CS(=O)(=O)CC(=O)NCc1cccc(CBr)c1. The van der Waals surface area contributed by atoms with Crippen molar-refractivity contribution in [3.8, 4) is 0 Å². The van der Waals surface area contributed by atoms with Crippen molar-refractivity contribution in [1.82, 2.24) is 5.32 Å². The van der Waals surface area contributed by atoms with Crippen LogP contribution in [-0.2, 0) is 26.5 Å². The van der Waals surface area contributed by atoms with Crippen LogP contribution < -0.4 is 5.32 Å². The van der Waals surface area contributed by atoms with Crippen LogP contribution in [0.5, 0.6) is 0 Å². The zero-order valence-corrected chi connectivity index (χ0v) is 11.8. The second-order valence-corrected chi connectivity index (χ2v) is 6.50. The Morgan fingerprint density at radius 1 is 1.35 bits per heavy atom. The van der Waals surface area contributed by atoms with Crippen molar-refractivity contribution < 1.29 is 13.2 Å². The number of amides is 1. The van der Waals surface area contributed by atoms with Gasteiger partial charge in [-0.25, -0.2) is 8.42 Å². The summed E-state index contributed by atoms with van der Waals surface area (Å²) in [6.45, 7) is 0.342. The van der Waals surface area contributed by atoms with E-state index in [1.165, 1.54) is 0 Å². The molecule has 0 aliphatic rings. The minimum Gasteiger partial charge on any atom is -0.351 e. The van der Waals surface area contributed by atoms with Crippen LogP contribution in [0.25, 0.3) is 0 Å². The van der Waals surface area contributed by atoms with Crippen molar-refractivity contribution in [2.75, 3.05) is 12.0 Å². The molecule has 0 saturated carbocycles. The van der Waals surface area contributed by atoms with E-state index in [0.717, 1.165) is 22.7 Å². The van der Waals surface area contributed by atoms with E-state index in [4.69, 9.17) is 0 Å². The molecule has 0 spiro atoms. The maximum atomic E-state index is 11.3. The van der Waals surface area contributed by atoms with E-state index in [-0.39, 0.29) is 0 Å². The summed E-state index contributed by atoms with van der Waals surface area (Å²) in [5.74, 6) is -0.942. The number of sulfone groups is 1. The maximum Gasteiger partial charge on any atom is 0.235 e. The van der Waals surface area contributed by atoms with Gasteiger partial charge >= 0.3 is 0 Å². The number of benzene rings is 1. The first-order chi connectivity index (χ1) is 7.90. The zero-order chi connectivity index (χ0) is 12.9. The van der Waals surface area contributed by atoms with Crippen molar-refractivity contribution in [2.24, 2.45) is 0 Å². The molecule has 1 amide bonds. The normalized spacial score (nSPS) is 11.2. The standard InChI is InChI=1S/C11H14BrNO3S/c1-17(15,16)8-11(14)13-7-10-4-2-3-9(5-10)6-12/h2-5H,6-8H2,1H3,(H,13,14). The largest absolute Gasteiger partial charge is 0.351 e. The Bertz CT molecular complexity index is 499. The predicted molar refractivity (Wildman–Crippen MR) is 70.6 cm³/mol. The first-order valence-corrected chi connectivity index (χ1v) is 8.17. The Kier molecular flexibility index (Phi) is 5.14. The Morgan fingerprint density at radius 2 is 2.00 bits per heavy atom. The zero-order valence-electron chi connectivity index (χ0n) is 9.44. The lowest BCUT2D eigenvalue weighted by Crippen LogP contribution is -2.29. The molecular formula is C11H14BrNO3S. The second kappa shape index (κ2) is 6.16. The van der Waals surface area contributed by atoms with Gasteiger partial charge in [0.1, 0.15) is 5.75 Å². The van der Waals surface area contributed by atoms with E-state index in [1.807, 2.05) is 24.3 Å². The molecular weight excluding hydrogens is 306 g/mol. The van der Waals surface area contributed by atoms with Crippen molar-refractivity contribution >= 4 is 31.7 Å². The highest BCUT2D eigenvalue weighted by atomic mass is 79.9. The summed E-state index contributed by atoms with van der Waals surface area (Å²) >= 11 is 3.34. The number of hydrogen-bond donors (Lipinski definition) is 1. The quantitative estimate of drug-likeness (QED) is 0.831. The fraction of sp³-hybridized carbons (Fsp3) is 0.364. The number of nitrogens with one attached hydrogen (secondary N) is 1. The first-order valence-electron chi connectivity index (χ1n) is 4.99. The minimum absolute atomic E-state index is 0.342. The highest BCUT2D eigenvalue weighted by molar-refractivity contribution is 9.08. The number of halogens is 1. The molecule has 0 bridgehead atoms. The first kappa shape index (κ1) is 14.2. The molecule has 0 aromatic heterocycles. The third kappa shape index (κ3) is 5.83. The van der Waals surface area contributed by atoms with Crippen molar-refractivity contribution in [1.29, 1.82) is 0 Å². The van der Waals surface area contributed by atoms with E-state index in [0.29, 0.717) is 6.54 Å². The Balaban J connectivity index is 2.53. The fourth-order valence-corrected chi connectivity index (χ4v) is 2.24. The van der Waals surface area contributed by atoms with Crippen LogP contribution >= 0.6 is 15.9 Å². The summed E-state index contributed by atoms with van der Waals surface area (Å²) in [7, 11) is -3.26. The lowest BCUT2D eigenvalue weighted by molar-refractivity contribution is -0.118. The molecule has 0 aliphatic heterocycles. The number of alkyl halides is 1. The third-order valence-electron chi connectivity index (χ3n) is 2.03. The van der Waals surface area contributed by atoms with Gasteiger partial charge < -0.3 is 5.32 Å². The van der Waals surface area contributed by atoms with Gasteiger partial charge in [-0.2, -0.15) is 0 Å². The molecule has 0 fully saturated rings. The molecule has 94 valence electrons. The van der Waals surface area contributed by atoms with Crippen molar-refractivity contribution in [3.63, 3.8) is 0 Å². The third-order valence-corrected chi connectivity index (χ3v) is 3.46. The van der Waals surface area contributed by atoms with Gasteiger partial charge in [0.2, 0.25) is 5.91 Å². The van der Waals surface area contributed by atoms with Gasteiger partial charge in [-0.15, -0.1) is 0 Å². The van der Waals surface area contributed by atoms with Gasteiger partial charge in [0.15, 0.2) is 9.84 Å². The molecule has 1 N–H and O–H groups in total. The Hall–Kier alpha value is -0.880. The van der Waals surface area contributed by atoms with E-state index in [1.54, 1.807) is 0 Å². The van der Waals surface area contributed by atoms with Crippen LogP contribution in [0.3, 0.4) is 0 Å². The minimum atomic E-state index is -3.26.